The first-order valence-electron chi connectivity index (χ1n) is 2.78. The Balaban J connectivity index is 2.44. The summed E-state index contributed by atoms with van der Waals surface area (Å²) in [5.41, 5.74) is 0. The van der Waals surface area contributed by atoms with Crippen LogP contribution in [0.25, 0.3) is 0 Å². The minimum absolute atomic E-state index is 0.167. The maximum absolute atomic E-state index is 9.08. The molecule has 0 spiro atoms. The summed E-state index contributed by atoms with van der Waals surface area (Å²) >= 11 is 3.35. The molecule has 0 saturated carbocycles. The molecule has 2 unspecified atom stereocenters. The number of alkyl halides is 1. The number of aliphatic hydroxyl groups excluding tert-OH is 1. The average molecular weight is 177 g/mol. The highest BCUT2D eigenvalue weighted by molar-refractivity contribution is 9.09. The van der Waals surface area contributed by atoms with Gasteiger partial charge in [0.1, 0.15) is 0 Å². The van der Waals surface area contributed by atoms with E-state index in [0.29, 0.717) is 0 Å². The molecule has 1 nitrogen and oxygen atoms in total. The van der Waals surface area contributed by atoms with Crippen molar-refractivity contribution in [3.05, 3.63) is 12.2 Å². The normalized spacial score (nSPS) is 37.8. The standard InChI is InChI=1S/C6H9BrO/c7-5-3-1-2-4-6(5)8/h1-2,5-6,8H,3-4H2. The van der Waals surface area contributed by atoms with Gasteiger partial charge in [-0.15, -0.1) is 0 Å². The molecule has 0 amide bonds. The molecule has 0 saturated heterocycles. The van der Waals surface area contributed by atoms with Crippen molar-refractivity contribution in [2.45, 2.75) is 23.8 Å². The van der Waals surface area contributed by atoms with Crippen molar-refractivity contribution in [1.82, 2.24) is 0 Å². The zero-order valence-corrected chi connectivity index (χ0v) is 6.13. The smallest absolute Gasteiger partial charge is 0.0702 e. The van der Waals surface area contributed by atoms with E-state index in [9.17, 15) is 0 Å². The van der Waals surface area contributed by atoms with Crippen LogP contribution in [-0.4, -0.2) is 16.0 Å². The van der Waals surface area contributed by atoms with Crippen LogP contribution in [0.1, 0.15) is 12.8 Å². The van der Waals surface area contributed by atoms with Gasteiger partial charge < -0.3 is 5.11 Å². The highest BCUT2D eigenvalue weighted by Gasteiger charge is 2.15. The van der Waals surface area contributed by atoms with Gasteiger partial charge in [0.25, 0.3) is 0 Å². The summed E-state index contributed by atoms with van der Waals surface area (Å²) in [7, 11) is 0. The molecular formula is C6H9BrO. The van der Waals surface area contributed by atoms with E-state index in [0.717, 1.165) is 12.8 Å². The lowest BCUT2D eigenvalue weighted by Gasteiger charge is -2.17. The Morgan fingerprint density at radius 3 is 2.38 bits per heavy atom. The van der Waals surface area contributed by atoms with E-state index < -0.39 is 0 Å². The number of allylic oxidation sites excluding steroid dienone is 1. The minimum Gasteiger partial charge on any atom is -0.392 e. The van der Waals surface area contributed by atoms with Gasteiger partial charge in [0, 0.05) is 4.83 Å². The fraction of sp³-hybridized carbons (Fsp3) is 0.667. The second kappa shape index (κ2) is 2.65. The van der Waals surface area contributed by atoms with Crippen molar-refractivity contribution in [2.24, 2.45) is 0 Å². The summed E-state index contributed by atoms with van der Waals surface area (Å²) in [6, 6.07) is 0. The van der Waals surface area contributed by atoms with Crippen LogP contribution in [0.4, 0.5) is 0 Å². The van der Waals surface area contributed by atoms with E-state index >= 15 is 0 Å². The molecule has 0 aromatic carbocycles. The predicted octanol–water partition coefficient (Wildman–Crippen LogP) is 1.46. The molecule has 0 radical (unpaired) electrons. The Bertz CT molecular complexity index is 88.7. The van der Waals surface area contributed by atoms with Crippen LogP contribution in [0.3, 0.4) is 0 Å². The molecule has 0 fully saturated rings. The fourth-order valence-electron chi connectivity index (χ4n) is 0.767. The third-order valence-electron chi connectivity index (χ3n) is 1.32. The second-order valence-corrected chi connectivity index (χ2v) is 3.20. The van der Waals surface area contributed by atoms with Crippen molar-refractivity contribution in [3.63, 3.8) is 0 Å². The number of aliphatic hydroxyl groups is 1. The quantitative estimate of drug-likeness (QED) is 0.438. The molecule has 46 valence electrons. The summed E-state index contributed by atoms with van der Waals surface area (Å²) in [4.78, 5) is 0.285. The van der Waals surface area contributed by atoms with Gasteiger partial charge in [-0.1, -0.05) is 28.1 Å². The van der Waals surface area contributed by atoms with Crippen LogP contribution in [0.15, 0.2) is 12.2 Å². The number of rotatable bonds is 0. The zero-order valence-electron chi connectivity index (χ0n) is 4.55. The molecule has 2 atom stereocenters. The molecule has 0 aromatic heterocycles. The number of halogens is 1. The Hall–Kier alpha value is 0.180. The molecular weight excluding hydrogens is 168 g/mol. The van der Waals surface area contributed by atoms with E-state index in [2.05, 4.69) is 22.0 Å². The Morgan fingerprint density at radius 1 is 1.38 bits per heavy atom. The number of hydrogen-bond acceptors (Lipinski definition) is 1. The van der Waals surface area contributed by atoms with E-state index in [1.807, 2.05) is 6.08 Å². The van der Waals surface area contributed by atoms with Gasteiger partial charge in [-0.2, -0.15) is 0 Å². The third-order valence-corrected chi connectivity index (χ3v) is 2.31. The largest absolute Gasteiger partial charge is 0.392 e. The van der Waals surface area contributed by atoms with Gasteiger partial charge in [0.2, 0.25) is 0 Å². The van der Waals surface area contributed by atoms with Crippen LogP contribution in [-0.2, 0) is 0 Å². The van der Waals surface area contributed by atoms with Crippen molar-refractivity contribution in [2.75, 3.05) is 0 Å². The van der Waals surface area contributed by atoms with Crippen LogP contribution in [0.2, 0.25) is 0 Å². The van der Waals surface area contributed by atoms with E-state index in [1.165, 1.54) is 0 Å². The van der Waals surface area contributed by atoms with Crippen LogP contribution in [0, 0.1) is 0 Å². The molecule has 1 aliphatic carbocycles. The highest BCUT2D eigenvalue weighted by atomic mass is 79.9. The third kappa shape index (κ3) is 1.33. The number of hydrogen-bond donors (Lipinski definition) is 1. The van der Waals surface area contributed by atoms with Crippen LogP contribution < -0.4 is 0 Å². The Labute approximate surface area is 57.5 Å². The molecule has 8 heavy (non-hydrogen) atoms. The summed E-state index contributed by atoms with van der Waals surface area (Å²) in [6.07, 6.45) is 5.70. The van der Waals surface area contributed by atoms with Gasteiger partial charge in [0.05, 0.1) is 6.10 Å². The Morgan fingerprint density at radius 2 is 2.00 bits per heavy atom. The van der Waals surface area contributed by atoms with Gasteiger partial charge in [-0.3, -0.25) is 0 Å². The molecule has 2 heteroatoms. The Kier molecular flexibility index (Phi) is 2.08. The molecule has 1 aliphatic rings. The van der Waals surface area contributed by atoms with Crippen molar-refractivity contribution < 1.29 is 5.11 Å². The van der Waals surface area contributed by atoms with E-state index in [-0.39, 0.29) is 10.9 Å². The monoisotopic (exact) mass is 176 g/mol. The topological polar surface area (TPSA) is 20.2 Å². The summed E-state index contributed by atoms with van der Waals surface area (Å²) in [5.74, 6) is 0. The zero-order chi connectivity index (χ0) is 5.98. The van der Waals surface area contributed by atoms with Crippen molar-refractivity contribution in [3.8, 4) is 0 Å². The molecule has 0 heterocycles. The molecule has 0 aromatic rings. The lowest BCUT2D eigenvalue weighted by atomic mass is 10.1. The summed E-state index contributed by atoms with van der Waals surface area (Å²) < 4.78 is 0. The highest BCUT2D eigenvalue weighted by Crippen LogP contribution is 2.18. The summed E-state index contributed by atoms with van der Waals surface area (Å²) in [6.45, 7) is 0. The molecule has 0 aliphatic heterocycles. The molecule has 1 rings (SSSR count). The minimum atomic E-state index is -0.167. The van der Waals surface area contributed by atoms with Crippen molar-refractivity contribution >= 4 is 15.9 Å². The van der Waals surface area contributed by atoms with Crippen LogP contribution in [0.5, 0.6) is 0 Å². The first kappa shape index (κ1) is 6.30. The van der Waals surface area contributed by atoms with Gasteiger partial charge in [-0.25, -0.2) is 0 Å². The maximum atomic E-state index is 9.08. The lowest BCUT2D eigenvalue weighted by Crippen LogP contribution is -2.21. The van der Waals surface area contributed by atoms with E-state index in [1.54, 1.807) is 0 Å². The SMILES string of the molecule is OC1CC=CCC1Br. The van der Waals surface area contributed by atoms with Crippen molar-refractivity contribution in [1.29, 1.82) is 0 Å². The first-order chi connectivity index (χ1) is 3.80. The van der Waals surface area contributed by atoms with Gasteiger partial charge >= 0.3 is 0 Å². The van der Waals surface area contributed by atoms with Gasteiger partial charge in [0.15, 0.2) is 0 Å². The fourth-order valence-corrected chi connectivity index (χ4v) is 1.20. The van der Waals surface area contributed by atoms with E-state index in [4.69, 9.17) is 5.11 Å². The van der Waals surface area contributed by atoms with Crippen LogP contribution >= 0.6 is 15.9 Å². The maximum Gasteiger partial charge on any atom is 0.0702 e. The average Bonchev–Trinajstić information content (AvgIpc) is 1.77. The summed E-state index contributed by atoms with van der Waals surface area (Å²) in [5, 5.41) is 9.08. The molecule has 0 bridgehead atoms. The lowest BCUT2D eigenvalue weighted by molar-refractivity contribution is 0.172. The molecule has 1 N–H and O–H groups in total. The predicted molar refractivity (Wildman–Crippen MR) is 37.1 cm³/mol. The van der Waals surface area contributed by atoms with Gasteiger partial charge in [-0.05, 0) is 12.8 Å². The first-order valence-corrected chi connectivity index (χ1v) is 3.69. The second-order valence-electron chi connectivity index (χ2n) is 2.03.